The van der Waals surface area contributed by atoms with Gasteiger partial charge in [-0.25, -0.2) is 9.97 Å². The number of aromatic nitrogens is 3. The number of imidazole rings is 1. The second-order valence-electron chi connectivity index (χ2n) is 4.08. The third-order valence-corrected chi connectivity index (χ3v) is 2.88. The number of fused-ring (bicyclic) bond motifs is 1. The minimum Gasteiger partial charge on any atom is -0.382 e. The first-order chi connectivity index (χ1) is 8.78. The van der Waals surface area contributed by atoms with E-state index >= 15 is 0 Å². The maximum atomic E-state index is 8.92. The van der Waals surface area contributed by atoms with E-state index < -0.39 is 6.10 Å². The summed E-state index contributed by atoms with van der Waals surface area (Å²) in [6.45, 7) is 1.66. The monoisotopic (exact) mass is 244 g/mol. The number of nitrogens with zero attached hydrogens (tertiary/aromatic N) is 5. The van der Waals surface area contributed by atoms with Crippen molar-refractivity contribution in [3.8, 4) is 6.07 Å². The molecule has 0 bridgehead atoms. The van der Waals surface area contributed by atoms with Crippen LogP contribution in [0.1, 0.15) is 0 Å². The van der Waals surface area contributed by atoms with Gasteiger partial charge in [-0.05, 0) is 0 Å². The predicted molar refractivity (Wildman–Crippen MR) is 65.0 cm³/mol. The van der Waals surface area contributed by atoms with Gasteiger partial charge < -0.3 is 19.8 Å². The van der Waals surface area contributed by atoms with Crippen LogP contribution in [-0.2, 0) is 4.74 Å². The quantitative estimate of drug-likeness (QED) is 0.761. The third-order valence-electron chi connectivity index (χ3n) is 2.88. The number of nitrogens with two attached hydrogens (primary N) is 1. The normalized spacial score (nSPS) is 19.9. The van der Waals surface area contributed by atoms with Gasteiger partial charge in [-0.2, -0.15) is 5.26 Å². The largest absolute Gasteiger partial charge is 0.382 e. The molecule has 1 atom stereocenters. The van der Waals surface area contributed by atoms with Crippen LogP contribution in [-0.4, -0.2) is 40.2 Å². The zero-order chi connectivity index (χ0) is 12.5. The molecular weight excluding hydrogens is 232 g/mol. The van der Waals surface area contributed by atoms with Crippen LogP contribution in [0.5, 0.6) is 0 Å². The van der Waals surface area contributed by atoms with Crippen molar-refractivity contribution < 1.29 is 4.74 Å². The van der Waals surface area contributed by atoms with Gasteiger partial charge in [0.05, 0.1) is 25.4 Å². The average molecular weight is 244 g/mol. The van der Waals surface area contributed by atoms with E-state index in [9.17, 15) is 0 Å². The molecule has 1 unspecified atom stereocenters. The van der Waals surface area contributed by atoms with Crippen molar-refractivity contribution in [2.24, 2.45) is 0 Å². The summed E-state index contributed by atoms with van der Waals surface area (Å²) in [6, 6.07) is 2.11. The van der Waals surface area contributed by atoms with Crippen molar-refractivity contribution in [2.75, 3.05) is 30.3 Å². The Morgan fingerprint density at radius 1 is 1.56 bits per heavy atom. The van der Waals surface area contributed by atoms with Gasteiger partial charge in [-0.1, -0.05) is 0 Å². The lowest BCUT2D eigenvalue weighted by Crippen LogP contribution is -2.42. The van der Waals surface area contributed by atoms with Crippen molar-refractivity contribution in [1.82, 2.24) is 14.4 Å². The highest BCUT2D eigenvalue weighted by atomic mass is 16.5. The number of ether oxygens (including phenoxy) is 1. The summed E-state index contributed by atoms with van der Waals surface area (Å²) in [6.07, 6.45) is 4.80. The summed E-state index contributed by atoms with van der Waals surface area (Å²) in [7, 11) is 0. The molecule has 0 amide bonds. The maximum Gasteiger partial charge on any atom is 0.180 e. The predicted octanol–water partition coefficient (Wildman–Crippen LogP) is 0.0403. The Bertz CT molecular complexity index is 616. The molecule has 1 aliphatic heterocycles. The molecule has 0 aliphatic carbocycles. The van der Waals surface area contributed by atoms with Crippen molar-refractivity contribution in [1.29, 1.82) is 5.26 Å². The van der Waals surface area contributed by atoms with Crippen molar-refractivity contribution in [2.45, 2.75) is 6.10 Å². The zero-order valence-electron chi connectivity index (χ0n) is 9.65. The minimum absolute atomic E-state index is 0.426. The van der Waals surface area contributed by atoms with Crippen molar-refractivity contribution in [3.63, 3.8) is 0 Å². The first-order valence-electron chi connectivity index (χ1n) is 5.63. The number of anilines is 2. The van der Waals surface area contributed by atoms with Gasteiger partial charge in [0, 0.05) is 18.9 Å². The lowest BCUT2D eigenvalue weighted by atomic mass is 10.3. The molecule has 0 saturated carbocycles. The van der Waals surface area contributed by atoms with E-state index in [1.54, 1.807) is 12.4 Å². The zero-order valence-corrected chi connectivity index (χ0v) is 9.65. The van der Waals surface area contributed by atoms with Crippen LogP contribution in [0.2, 0.25) is 0 Å². The lowest BCUT2D eigenvalue weighted by molar-refractivity contribution is 0.0762. The molecule has 2 N–H and O–H groups in total. The number of hydrogen-bond acceptors (Lipinski definition) is 6. The Labute approximate surface area is 103 Å². The van der Waals surface area contributed by atoms with Gasteiger partial charge in [0.15, 0.2) is 17.6 Å². The fourth-order valence-corrected chi connectivity index (χ4v) is 2.07. The fourth-order valence-electron chi connectivity index (χ4n) is 2.07. The molecule has 7 heteroatoms. The van der Waals surface area contributed by atoms with Gasteiger partial charge in [0.25, 0.3) is 0 Å². The van der Waals surface area contributed by atoms with Gasteiger partial charge in [-0.3, -0.25) is 0 Å². The summed E-state index contributed by atoms with van der Waals surface area (Å²) < 4.78 is 7.14. The van der Waals surface area contributed by atoms with Crippen molar-refractivity contribution >= 4 is 17.3 Å². The fraction of sp³-hybridized carbons (Fsp3) is 0.364. The first kappa shape index (κ1) is 10.8. The molecule has 0 radical (unpaired) electrons. The van der Waals surface area contributed by atoms with Crippen LogP contribution >= 0.6 is 0 Å². The molecule has 3 rings (SSSR count). The Morgan fingerprint density at radius 3 is 3.28 bits per heavy atom. The molecule has 2 aromatic heterocycles. The van der Waals surface area contributed by atoms with E-state index in [4.69, 9.17) is 15.7 Å². The van der Waals surface area contributed by atoms with E-state index in [0.717, 1.165) is 5.65 Å². The number of nitrogen functional groups attached to an aromatic ring is 1. The molecule has 1 aliphatic rings. The number of rotatable bonds is 1. The highest BCUT2D eigenvalue weighted by Gasteiger charge is 2.23. The maximum absolute atomic E-state index is 8.92. The Balaban J connectivity index is 2.03. The summed E-state index contributed by atoms with van der Waals surface area (Å²) in [5, 5.41) is 8.92. The van der Waals surface area contributed by atoms with E-state index in [2.05, 4.69) is 16.0 Å². The molecule has 1 saturated heterocycles. The minimum atomic E-state index is -0.433. The Morgan fingerprint density at radius 2 is 2.44 bits per heavy atom. The van der Waals surface area contributed by atoms with E-state index in [1.807, 2.05) is 15.5 Å². The van der Waals surface area contributed by atoms with E-state index in [0.29, 0.717) is 31.3 Å². The summed E-state index contributed by atoms with van der Waals surface area (Å²) in [5.74, 6) is 1.12. The van der Waals surface area contributed by atoms with E-state index in [1.165, 1.54) is 0 Å². The molecule has 3 heterocycles. The number of morpholine rings is 1. The molecule has 92 valence electrons. The summed E-state index contributed by atoms with van der Waals surface area (Å²) in [5.41, 5.74) is 6.51. The Hall–Kier alpha value is -2.33. The van der Waals surface area contributed by atoms with Gasteiger partial charge in [0.2, 0.25) is 0 Å². The molecule has 2 aromatic rings. The number of nitriles is 1. The summed E-state index contributed by atoms with van der Waals surface area (Å²) >= 11 is 0. The highest BCUT2D eigenvalue weighted by molar-refractivity contribution is 5.66. The van der Waals surface area contributed by atoms with Crippen LogP contribution < -0.4 is 10.6 Å². The van der Waals surface area contributed by atoms with Gasteiger partial charge in [0.1, 0.15) is 5.82 Å². The van der Waals surface area contributed by atoms with Gasteiger partial charge in [-0.15, -0.1) is 0 Å². The van der Waals surface area contributed by atoms with Crippen molar-refractivity contribution in [3.05, 3.63) is 18.6 Å². The molecular formula is C11H12N6O. The van der Waals surface area contributed by atoms with Gasteiger partial charge >= 0.3 is 0 Å². The lowest BCUT2D eigenvalue weighted by Gasteiger charge is -2.30. The standard InChI is InChI=1S/C11H12N6O/c12-5-8-6-17(3-4-18-8)11-10-14-1-2-16(10)7-9(13)15-11/h1-2,7-8H,3-4,6,13H2. The van der Waals surface area contributed by atoms with Crippen LogP contribution in [0, 0.1) is 11.3 Å². The molecule has 18 heavy (non-hydrogen) atoms. The number of hydrogen-bond donors (Lipinski definition) is 1. The van der Waals surface area contributed by atoms with Crippen LogP contribution in [0.4, 0.5) is 11.6 Å². The Kier molecular flexibility index (Phi) is 2.50. The molecule has 1 fully saturated rings. The molecule has 0 spiro atoms. The summed E-state index contributed by atoms with van der Waals surface area (Å²) in [4.78, 5) is 10.6. The second kappa shape index (κ2) is 4.16. The molecule has 0 aromatic carbocycles. The highest BCUT2D eigenvalue weighted by Crippen LogP contribution is 2.21. The SMILES string of the molecule is N#CC1CN(c2nc(N)cn3ccnc23)CCO1. The van der Waals surface area contributed by atoms with Crippen LogP contribution in [0.3, 0.4) is 0 Å². The average Bonchev–Trinajstić information content (AvgIpc) is 2.85. The smallest absolute Gasteiger partial charge is 0.180 e. The third kappa shape index (κ3) is 1.72. The topological polar surface area (TPSA) is 92.5 Å². The first-order valence-corrected chi connectivity index (χ1v) is 5.63. The molecule has 7 nitrogen and oxygen atoms in total. The van der Waals surface area contributed by atoms with Crippen LogP contribution in [0.15, 0.2) is 18.6 Å². The van der Waals surface area contributed by atoms with E-state index in [-0.39, 0.29) is 0 Å². The second-order valence-corrected chi connectivity index (χ2v) is 4.08. The van der Waals surface area contributed by atoms with Crippen LogP contribution in [0.25, 0.3) is 5.65 Å².